The Morgan fingerprint density at radius 1 is 1.00 bits per heavy atom. The molecule has 3 aromatic rings. The van der Waals surface area contributed by atoms with Crippen molar-refractivity contribution in [1.82, 2.24) is 4.98 Å². The highest BCUT2D eigenvalue weighted by molar-refractivity contribution is 6.00. The fourth-order valence-corrected chi connectivity index (χ4v) is 3.52. The third-order valence-electron chi connectivity index (χ3n) is 4.63. The molecule has 21 heavy (non-hydrogen) atoms. The van der Waals surface area contributed by atoms with Crippen molar-refractivity contribution in [3.05, 3.63) is 64.8 Å². The zero-order valence-corrected chi connectivity index (χ0v) is 12.6. The number of hydrogen-bond acceptors (Lipinski definition) is 1. The third kappa shape index (κ3) is 1.80. The van der Waals surface area contributed by atoms with Crippen molar-refractivity contribution in [1.29, 1.82) is 0 Å². The Morgan fingerprint density at radius 2 is 1.86 bits per heavy atom. The number of rotatable bonds is 2. The Bertz CT molecular complexity index is 846. The maximum atomic E-state index is 4.92. The van der Waals surface area contributed by atoms with Crippen molar-refractivity contribution in [2.45, 2.75) is 33.1 Å². The molecule has 0 radical (unpaired) electrons. The average Bonchev–Trinajstić information content (AvgIpc) is 2.93. The first-order chi connectivity index (χ1) is 10.3. The zero-order valence-electron chi connectivity index (χ0n) is 12.6. The van der Waals surface area contributed by atoms with Crippen LogP contribution in [0.2, 0.25) is 0 Å². The molecule has 0 saturated carbocycles. The number of hydrogen-bond donors (Lipinski definition) is 0. The second-order valence-corrected chi connectivity index (χ2v) is 5.80. The summed E-state index contributed by atoms with van der Waals surface area (Å²) in [6.07, 6.45) is 3.11. The molecule has 0 unspecified atom stereocenters. The van der Waals surface area contributed by atoms with Crippen LogP contribution in [0.25, 0.3) is 22.0 Å². The van der Waals surface area contributed by atoms with Crippen LogP contribution in [0.4, 0.5) is 0 Å². The van der Waals surface area contributed by atoms with Gasteiger partial charge in [0.1, 0.15) is 0 Å². The third-order valence-corrected chi connectivity index (χ3v) is 4.63. The van der Waals surface area contributed by atoms with Crippen molar-refractivity contribution >= 4 is 10.9 Å². The predicted octanol–water partition coefficient (Wildman–Crippen LogP) is 4.93. The number of fused-ring (bicyclic) bond motifs is 5. The van der Waals surface area contributed by atoms with Crippen molar-refractivity contribution in [2.75, 3.05) is 0 Å². The summed E-state index contributed by atoms with van der Waals surface area (Å²) >= 11 is 0. The Balaban J connectivity index is 2.13. The van der Waals surface area contributed by atoms with E-state index in [0.717, 1.165) is 24.8 Å². The molecule has 1 aliphatic rings. The molecular weight excluding hydrogens is 254 g/mol. The maximum Gasteiger partial charge on any atom is 0.0711 e. The van der Waals surface area contributed by atoms with Gasteiger partial charge in [-0.1, -0.05) is 44.2 Å². The van der Waals surface area contributed by atoms with Crippen LogP contribution in [-0.2, 0) is 19.3 Å². The topological polar surface area (TPSA) is 12.9 Å². The smallest absolute Gasteiger partial charge is 0.0711 e. The van der Waals surface area contributed by atoms with Gasteiger partial charge in [0.05, 0.1) is 5.52 Å². The van der Waals surface area contributed by atoms with Gasteiger partial charge >= 0.3 is 0 Å². The van der Waals surface area contributed by atoms with E-state index < -0.39 is 0 Å². The van der Waals surface area contributed by atoms with E-state index in [2.05, 4.69) is 56.3 Å². The van der Waals surface area contributed by atoms with Crippen LogP contribution in [0.3, 0.4) is 0 Å². The van der Waals surface area contributed by atoms with E-state index in [0.29, 0.717) is 0 Å². The van der Waals surface area contributed by atoms with Crippen molar-refractivity contribution < 1.29 is 0 Å². The largest absolute Gasteiger partial charge is 0.253 e. The fourth-order valence-electron chi connectivity index (χ4n) is 3.52. The Kier molecular flexibility index (Phi) is 2.81. The second kappa shape index (κ2) is 4.70. The zero-order chi connectivity index (χ0) is 14.4. The molecule has 0 bridgehead atoms. The van der Waals surface area contributed by atoms with Gasteiger partial charge < -0.3 is 0 Å². The van der Waals surface area contributed by atoms with E-state index in [1.54, 1.807) is 0 Å². The summed E-state index contributed by atoms with van der Waals surface area (Å²) < 4.78 is 0. The minimum atomic E-state index is 1.00. The van der Waals surface area contributed by atoms with Crippen molar-refractivity contribution in [3.63, 3.8) is 0 Å². The van der Waals surface area contributed by atoms with E-state index in [1.165, 1.54) is 38.9 Å². The molecule has 1 heteroatoms. The molecule has 4 rings (SSSR count). The van der Waals surface area contributed by atoms with Gasteiger partial charge in [-0.05, 0) is 52.8 Å². The lowest BCUT2D eigenvalue weighted by molar-refractivity contribution is 1.01. The molecule has 0 N–H and O–H groups in total. The Hall–Kier alpha value is -2.15. The summed E-state index contributed by atoms with van der Waals surface area (Å²) in [5.74, 6) is 0. The lowest BCUT2D eigenvalue weighted by Crippen LogP contribution is -1.97. The van der Waals surface area contributed by atoms with Gasteiger partial charge in [-0.15, -0.1) is 0 Å². The molecule has 0 saturated heterocycles. The molecule has 0 amide bonds. The van der Waals surface area contributed by atoms with E-state index in [4.69, 9.17) is 4.98 Å². The van der Waals surface area contributed by atoms with Crippen LogP contribution >= 0.6 is 0 Å². The molecule has 0 spiro atoms. The molecular formula is C20H19N. The van der Waals surface area contributed by atoms with Crippen molar-refractivity contribution in [3.8, 4) is 11.1 Å². The molecule has 0 atom stereocenters. The first-order valence-electron chi connectivity index (χ1n) is 7.84. The standard InChI is InChI=1S/C20H19N/c1-3-13-9-10-19-16(11-13)20-15-8-6-5-7-14(15)12-17(20)18(4-2)21-19/h5-11H,3-4,12H2,1-2H3. The molecule has 2 aromatic carbocycles. The predicted molar refractivity (Wildman–Crippen MR) is 88.7 cm³/mol. The first kappa shape index (κ1) is 12.6. The quantitative estimate of drug-likeness (QED) is 0.504. The monoisotopic (exact) mass is 273 g/mol. The van der Waals surface area contributed by atoms with Gasteiger partial charge in [0, 0.05) is 17.5 Å². The minimum Gasteiger partial charge on any atom is -0.253 e. The number of nitrogens with zero attached hydrogens (tertiary/aromatic N) is 1. The normalized spacial score (nSPS) is 12.5. The highest BCUT2D eigenvalue weighted by Gasteiger charge is 2.23. The number of pyridine rings is 1. The average molecular weight is 273 g/mol. The second-order valence-electron chi connectivity index (χ2n) is 5.80. The SMILES string of the molecule is CCc1ccc2nc(CC)c3c(c2c1)-c1ccccc1C3. The van der Waals surface area contributed by atoms with Crippen LogP contribution in [0.15, 0.2) is 42.5 Å². The maximum absolute atomic E-state index is 4.92. The van der Waals surface area contributed by atoms with Crippen LogP contribution in [-0.4, -0.2) is 4.98 Å². The van der Waals surface area contributed by atoms with Gasteiger partial charge in [0.2, 0.25) is 0 Å². The van der Waals surface area contributed by atoms with E-state index in [1.807, 2.05) is 0 Å². The highest BCUT2D eigenvalue weighted by Crippen LogP contribution is 2.42. The molecule has 1 aromatic heterocycles. The summed E-state index contributed by atoms with van der Waals surface area (Å²) in [6, 6.07) is 15.5. The highest BCUT2D eigenvalue weighted by atomic mass is 14.7. The van der Waals surface area contributed by atoms with Gasteiger partial charge in [-0.3, -0.25) is 4.98 Å². The van der Waals surface area contributed by atoms with Gasteiger partial charge in [-0.2, -0.15) is 0 Å². The Labute approximate surface area is 125 Å². The van der Waals surface area contributed by atoms with E-state index in [9.17, 15) is 0 Å². The minimum absolute atomic E-state index is 1.00. The Morgan fingerprint density at radius 3 is 2.67 bits per heavy atom. The molecule has 104 valence electrons. The van der Waals surface area contributed by atoms with Crippen LogP contribution < -0.4 is 0 Å². The number of benzene rings is 2. The van der Waals surface area contributed by atoms with Crippen LogP contribution in [0, 0.1) is 0 Å². The summed E-state index contributed by atoms with van der Waals surface area (Å²) in [5.41, 5.74) is 9.51. The molecule has 1 aliphatic carbocycles. The van der Waals surface area contributed by atoms with Crippen molar-refractivity contribution in [2.24, 2.45) is 0 Å². The molecule has 1 heterocycles. The molecule has 0 aliphatic heterocycles. The summed E-state index contributed by atoms with van der Waals surface area (Å²) in [6.45, 7) is 4.42. The summed E-state index contributed by atoms with van der Waals surface area (Å²) in [4.78, 5) is 4.92. The number of aromatic nitrogens is 1. The van der Waals surface area contributed by atoms with E-state index >= 15 is 0 Å². The fraction of sp³-hybridized carbons (Fsp3) is 0.250. The van der Waals surface area contributed by atoms with Gasteiger partial charge in [0.25, 0.3) is 0 Å². The molecule has 1 nitrogen and oxygen atoms in total. The summed E-state index contributed by atoms with van der Waals surface area (Å²) in [7, 11) is 0. The lowest BCUT2D eigenvalue weighted by atomic mass is 9.97. The number of aryl methyl sites for hydroxylation is 2. The summed E-state index contributed by atoms with van der Waals surface area (Å²) in [5, 5.41) is 1.33. The van der Waals surface area contributed by atoms with Gasteiger partial charge in [0.15, 0.2) is 0 Å². The van der Waals surface area contributed by atoms with Gasteiger partial charge in [-0.25, -0.2) is 0 Å². The van der Waals surface area contributed by atoms with Crippen LogP contribution in [0.1, 0.15) is 36.2 Å². The van der Waals surface area contributed by atoms with Crippen LogP contribution in [0.5, 0.6) is 0 Å². The lowest BCUT2D eigenvalue weighted by Gasteiger charge is -2.11. The van der Waals surface area contributed by atoms with E-state index in [-0.39, 0.29) is 0 Å². The first-order valence-corrected chi connectivity index (χ1v) is 7.84. The molecule has 0 fully saturated rings.